The van der Waals surface area contributed by atoms with Gasteiger partial charge in [-0.05, 0) is 38.3 Å². The predicted octanol–water partition coefficient (Wildman–Crippen LogP) is 2.02. The summed E-state index contributed by atoms with van der Waals surface area (Å²) in [5.41, 5.74) is 0.509. The van der Waals surface area contributed by atoms with Crippen LogP contribution in [0.3, 0.4) is 0 Å². The van der Waals surface area contributed by atoms with E-state index in [0.717, 1.165) is 11.8 Å². The van der Waals surface area contributed by atoms with E-state index in [1.807, 2.05) is 11.0 Å². The molecule has 35 heavy (non-hydrogen) atoms. The summed E-state index contributed by atoms with van der Waals surface area (Å²) in [6, 6.07) is 1.96. The van der Waals surface area contributed by atoms with Crippen molar-refractivity contribution in [1.82, 2.24) is 9.47 Å². The summed E-state index contributed by atoms with van der Waals surface area (Å²) in [5, 5.41) is 18.6. The Labute approximate surface area is 212 Å². The third kappa shape index (κ3) is 5.41. The van der Waals surface area contributed by atoms with Crippen molar-refractivity contribution in [2.75, 3.05) is 31.1 Å². The van der Waals surface area contributed by atoms with Gasteiger partial charge < -0.3 is 14.7 Å². The number of nitriles is 1. The van der Waals surface area contributed by atoms with Crippen molar-refractivity contribution >= 4 is 58.0 Å². The van der Waals surface area contributed by atoms with Gasteiger partial charge in [0.2, 0.25) is 0 Å². The van der Waals surface area contributed by atoms with Crippen LogP contribution in [0.5, 0.6) is 0 Å². The summed E-state index contributed by atoms with van der Waals surface area (Å²) in [7, 11) is 1.57. The minimum Gasteiger partial charge on any atom is -0.481 e. The van der Waals surface area contributed by atoms with Crippen LogP contribution in [-0.4, -0.2) is 63.0 Å². The van der Waals surface area contributed by atoms with Gasteiger partial charge in [-0.15, -0.1) is 0 Å². The summed E-state index contributed by atoms with van der Waals surface area (Å²) >= 11 is 6.33. The lowest BCUT2D eigenvalue weighted by Gasteiger charge is -2.35. The van der Waals surface area contributed by atoms with E-state index < -0.39 is 17.4 Å². The van der Waals surface area contributed by atoms with Crippen LogP contribution in [0.2, 0.25) is 0 Å². The number of carbonyl (C=O) groups is 3. The maximum atomic E-state index is 13.0. The van der Waals surface area contributed by atoms with Crippen molar-refractivity contribution < 1.29 is 24.2 Å². The molecule has 0 bridgehead atoms. The molecule has 3 rings (SSSR count). The van der Waals surface area contributed by atoms with Crippen molar-refractivity contribution in [1.29, 1.82) is 5.26 Å². The van der Waals surface area contributed by atoms with Crippen LogP contribution < -0.4 is 10.5 Å². The normalized spacial score (nSPS) is 17.7. The monoisotopic (exact) mass is 518 g/mol. The Morgan fingerprint density at radius 3 is 2.54 bits per heavy atom. The third-order valence-electron chi connectivity index (χ3n) is 6.08. The number of piperidine rings is 1. The van der Waals surface area contributed by atoms with Gasteiger partial charge >= 0.3 is 11.9 Å². The van der Waals surface area contributed by atoms with Crippen LogP contribution in [0.1, 0.15) is 42.9 Å². The molecule has 3 heterocycles. The quantitative estimate of drug-likeness (QED) is 0.325. The molecule has 2 fully saturated rings. The fourth-order valence-electron chi connectivity index (χ4n) is 4.21. The lowest BCUT2D eigenvalue weighted by molar-refractivity contribution is -0.148. The minimum atomic E-state index is -1.04. The Bertz CT molecular complexity index is 1210. The van der Waals surface area contributed by atoms with Gasteiger partial charge in [0, 0.05) is 32.2 Å². The highest BCUT2D eigenvalue weighted by molar-refractivity contribution is 8.26. The second kappa shape index (κ2) is 11.0. The van der Waals surface area contributed by atoms with Crippen molar-refractivity contribution in [2.45, 2.75) is 33.1 Å². The Balaban J connectivity index is 2.02. The number of nitrogens with zero attached hydrogens (tertiary/aromatic N) is 4. The lowest BCUT2D eigenvalue weighted by Crippen LogP contribution is -2.40. The van der Waals surface area contributed by atoms with Crippen molar-refractivity contribution in [3.63, 3.8) is 0 Å². The number of aromatic nitrogens is 1. The SMILES string of the molecule is CCOC(=O)C1CCN(c2c(/C=C3\SC(=S)N(CCC(=O)O)C3=O)c(C)c(C#N)c(=O)n2C)CC1. The minimum absolute atomic E-state index is 0.0229. The average molecular weight is 519 g/mol. The average Bonchev–Trinajstić information content (AvgIpc) is 3.09. The van der Waals surface area contributed by atoms with E-state index in [1.165, 1.54) is 9.47 Å². The second-order valence-corrected chi connectivity index (χ2v) is 9.88. The highest BCUT2D eigenvalue weighted by Gasteiger charge is 2.34. The molecule has 0 unspecified atom stereocenters. The first-order valence-electron chi connectivity index (χ1n) is 11.1. The van der Waals surface area contributed by atoms with Gasteiger partial charge in [0.25, 0.3) is 11.5 Å². The number of amides is 1. The first-order chi connectivity index (χ1) is 16.6. The number of hydrogen-bond acceptors (Lipinski definition) is 9. The van der Waals surface area contributed by atoms with Crippen LogP contribution in [-0.2, 0) is 26.2 Å². The maximum Gasteiger partial charge on any atom is 0.309 e. The smallest absolute Gasteiger partial charge is 0.309 e. The number of thioether (sulfide) groups is 1. The van der Waals surface area contributed by atoms with E-state index in [1.54, 1.807) is 27.0 Å². The second-order valence-electron chi connectivity index (χ2n) is 8.20. The molecule has 186 valence electrons. The largest absolute Gasteiger partial charge is 0.481 e. The van der Waals surface area contributed by atoms with Gasteiger partial charge in [-0.3, -0.25) is 28.6 Å². The first kappa shape index (κ1) is 26.4. The van der Waals surface area contributed by atoms with Gasteiger partial charge in [-0.1, -0.05) is 24.0 Å². The fourth-order valence-corrected chi connectivity index (χ4v) is 5.50. The zero-order chi connectivity index (χ0) is 25.9. The summed E-state index contributed by atoms with van der Waals surface area (Å²) < 4.78 is 6.79. The standard InChI is InChI=1S/C23H26N4O6S2/c1-4-33-22(32)14-5-8-26(9-6-14)19-15(13(2)16(12-24)20(30)25(19)3)11-17-21(31)27(23(34)35-17)10-7-18(28)29/h11,14H,4-10H2,1-3H3,(H,28,29)/b17-11-. The summed E-state index contributed by atoms with van der Waals surface area (Å²) in [6.07, 6.45) is 2.46. The molecule has 10 nitrogen and oxygen atoms in total. The number of thiocarbonyl (C=S) groups is 1. The van der Waals surface area contributed by atoms with E-state index >= 15 is 0 Å². The number of carboxylic acids is 1. The first-order valence-corrected chi connectivity index (χ1v) is 12.4. The molecule has 1 N–H and O–H groups in total. The molecule has 12 heteroatoms. The topological polar surface area (TPSA) is 133 Å². The number of pyridine rings is 1. The number of ether oxygens (including phenoxy) is 1. The number of aliphatic carboxylic acids is 1. The number of anilines is 1. The number of rotatable bonds is 7. The number of hydrogen-bond donors (Lipinski definition) is 1. The van der Waals surface area contributed by atoms with Gasteiger partial charge in [0.05, 0.1) is 23.9 Å². The molecule has 0 aliphatic carbocycles. The molecule has 1 amide bonds. The van der Waals surface area contributed by atoms with Crippen LogP contribution >= 0.6 is 24.0 Å². The van der Waals surface area contributed by atoms with E-state index in [0.29, 0.717) is 49.5 Å². The molecule has 1 aromatic heterocycles. The molecule has 0 saturated carbocycles. The van der Waals surface area contributed by atoms with E-state index in [9.17, 15) is 24.4 Å². The Hall–Kier alpha value is -3.17. The van der Waals surface area contributed by atoms with Crippen molar-refractivity contribution in [2.24, 2.45) is 13.0 Å². The number of esters is 1. The zero-order valence-corrected chi connectivity index (χ0v) is 21.3. The molecule has 0 spiro atoms. The molecule has 0 atom stereocenters. The molecule has 2 aliphatic heterocycles. The molecular weight excluding hydrogens is 492 g/mol. The summed E-state index contributed by atoms with van der Waals surface area (Å²) in [6.45, 7) is 4.67. The number of carbonyl (C=O) groups excluding carboxylic acids is 2. The van der Waals surface area contributed by atoms with Crippen LogP contribution in [0.25, 0.3) is 6.08 Å². The molecule has 2 aliphatic rings. The van der Waals surface area contributed by atoms with Crippen LogP contribution in [0.15, 0.2) is 9.70 Å². The highest BCUT2D eigenvalue weighted by atomic mass is 32.2. The van der Waals surface area contributed by atoms with Gasteiger partial charge in [-0.2, -0.15) is 5.26 Å². The molecule has 1 aromatic rings. The molecule has 0 radical (unpaired) electrons. The fraction of sp³-hybridized carbons (Fsp3) is 0.478. The Morgan fingerprint density at radius 1 is 1.31 bits per heavy atom. The lowest BCUT2D eigenvalue weighted by atomic mass is 9.95. The van der Waals surface area contributed by atoms with E-state index in [-0.39, 0.29) is 39.6 Å². The summed E-state index contributed by atoms with van der Waals surface area (Å²) in [4.78, 5) is 52.5. The predicted molar refractivity (Wildman–Crippen MR) is 135 cm³/mol. The van der Waals surface area contributed by atoms with Gasteiger partial charge in [0.15, 0.2) is 0 Å². The number of carboxylic acid groups (broad SMARTS) is 1. The van der Waals surface area contributed by atoms with E-state index in [2.05, 4.69) is 0 Å². The van der Waals surface area contributed by atoms with E-state index in [4.69, 9.17) is 22.1 Å². The van der Waals surface area contributed by atoms with Crippen LogP contribution in [0.4, 0.5) is 5.82 Å². The molecule has 0 aromatic carbocycles. The zero-order valence-electron chi connectivity index (χ0n) is 19.7. The van der Waals surface area contributed by atoms with Crippen molar-refractivity contribution in [3.05, 3.63) is 31.9 Å². The van der Waals surface area contributed by atoms with Gasteiger partial charge in [-0.25, -0.2) is 0 Å². The van der Waals surface area contributed by atoms with Crippen LogP contribution in [0, 0.1) is 24.2 Å². The maximum absolute atomic E-state index is 13.0. The highest BCUT2D eigenvalue weighted by Crippen LogP contribution is 2.36. The summed E-state index contributed by atoms with van der Waals surface area (Å²) in [5.74, 6) is -1.37. The Morgan fingerprint density at radius 2 is 1.97 bits per heavy atom. The molecule has 2 saturated heterocycles. The third-order valence-corrected chi connectivity index (χ3v) is 7.46. The molecular formula is C23H26N4O6S2. The van der Waals surface area contributed by atoms with Crippen molar-refractivity contribution in [3.8, 4) is 6.07 Å². The van der Waals surface area contributed by atoms with Gasteiger partial charge in [0.1, 0.15) is 21.8 Å². The Kier molecular flexibility index (Phi) is 8.34.